The highest BCUT2D eigenvalue weighted by molar-refractivity contribution is 5.94. The first-order valence-corrected chi connectivity index (χ1v) is 4.99. The molecule has 1 aliphatic rings. The van der Waals surface area contributed by atoms with E-state index >= 15 is 0 Å². The fourth-order valence-electron chi connectivity index (χ4n) is 1.73. The zero-order valence-corrected chi connectivity index (χ0v) is 8.85. The summed E-state index contributed by atoms with van der Waals surface area (Å²) in [5.74, 6) is -0.875. The van der Waals surface area contributed by atoms with Gasteiger partial charge in [0.05, 0.1) is 12.7 Å². The molecule has 2 rings (SSSR count). The molecule has 3 unspecified atom stereocenters. The van der Waals surface area contributed by atoms with Crippen molar-refractivity contribution in [1.29, 1.82) is 0 Å². The third kappa shape index (κ3) is 1.95. The van der Waals surface area contributed by atoms with E-state index < -0.39 is 24.3 Å². The van der Waals surface area contributed by atoms with E-state index in [1.54, 1.807) is 0 Å². The van der Waals surface area contributed by atoms with Crippen LogP contribution in [0.15, 0.2) is 0 Å². The maximum atomic E-state index is 10.9. The Balaban J connectivity index is 2.26. The van der Waals surface area contributed by atoms with Gasteiger partial charge in [-0.15, -0.1) is 5.10 Å². The van der Waals surface area contributed by atoms with Gasteiger partial charge in [0.1, 0.15) is 6.10 Å². The minimum atomic E-state index is -0.878. The van der Waals surface area contributed by atoms with Gasteiger partial charge < -0.3 is 26.4 Å². The second-order valence-corrected chi connectivity index (χ2v) is 3.77. The van der Waals surface area contributed by atoms with E-state index in [0.717, 1.165) is 4.68 Å². The van der Waals surface area contributed by atoms with E-state index in [0.29, 0.717) is 0 Å². The molecule has 0 aromatic carbocycles. The molecule has 1 aliphatic heterocycles. The fourth-order valence-corrected chi connectivity index (χ4v) is 1.73. The van der Waals surface area contributed by atoms with Crippen LogP contribution >= 0.6 is 0 Å². The first-order valence-electron chi connectivity index (χ1n) is 4.99. The summed E-state index contributed by atoms with van der Waals surface area (Å²) in [4.78, 5) is 10.9. The highest BCUT2D eigenvalue weighted by Gasteiger charge is 2.37. The number of nitrogens with two attached hydrogens (primary N) is 2. The molecule has 3 atom stereocenters. The highest BCUT2D eigenvalue weighted by Crippen LogP contribution is 2.30. The number of hydrogen-bond acceptors (Lipinski definition) is 7. The Kier molecular flexibility index (Phi) is 2.96. The first kappa shape index (κ1) is 11.8. The molecule has 1 amide bonds. The van der Waals surface area contributed by atoms with Crippen LogP contribution in [0.4, 0.5) is 5.82 Å². The van der Waals surface area contributed by atoms with Crippen LogP contribution in [0, 0.1) is 0 Å². The molecule has 94 valence electrons. The third-order valence-corrected chi connectivity index (χ3v) is 2.57. The predicted octanol–water partition coefficient (Wildman–Crippen LogP) is -2.40. The van der Waals surface area contributed by atoms with Crippen molar-refractivity contribution in [1.82, 2.24) is 15.0 Å². The average Bonchev–Trinajstić information content (AvgIpc) is 2.81. The number of ether oxygens (including phenoxy) is 1. The van der Waals surface area contributed by atoms with Gasteiger partial charge in [-0.2, -0.15) is 4.68 Å². The van der Waals surface area contributed by atoms with Crippen LogP contribution < -0.4 is 11.5 Å². The molecule has 6 N–H and O–H groups in total. The molecule has 0 saturated carbocycles. The molecule has 0 bridgehead atoms. The van der Waals surface area contributed by atoms with Crippen LogP contribution in [-0.2, 0) is 4.74 Å². The van der Waals surface area contributed by atoms with E-state index in [1.807, 2.05) is 0 Å². The van der Waals surface area contributed by atoms with Crippen molar-refractivity contribution in [2.24, 2.45) is 5.73 Å². The number of primary amides is 1. The Hall–Kier alpha value is -1.71. The van der Waals surface area contributed by atoms with Crippen LogP contribution in [-0.4, -0.2) is 49.9 Å². The Morgan fingerprint density at radius 1 is 1.65 bits per heavy atom. The van der Waals surface area contributed by atoms with Crippen molar-refractivity contribution in [2.45, 2.75) is 24.9 Å². The molecule has 2 heterocycles. The van der Waals surface area contributed by atoms with E-state index in [1.165, 1.54) is 0 Å². The van der Waals surface area contributed by atoms with Gasteiger partial charge in [0.25, 0.3) is 5.91 Å². The average molecular weight is 243 g/mol. The normalized spacial score (nSPS) is 28.5. The maximum absolute atomic E-state index is 10.9. The molecule has 9 nitrogen and oxygen atoms in total. The summed E-state index contributed by atoms with van der Waals surface area (Å²) in [5, 5.41) is 25.8. The fraction of sp³-hybridized carbons (Fsp3) is 0.625. The zero-order valence-electron chi connectivity index (χ0n) is 8.85. The monoisotopic (exact) mass is 243 g/mol. The van der Waals surface area contributed by atoms with Crippen molar-refractivity contribution in [3.63, 3.8) is 0 Å². The number of aliphatic hydroxyl groups is 2. The molecular weight excluding hydrogens is 230 g/mol. The van der Waals surface area contributed by atoms with Crippen LogP contribution in [0.1, 0.15) is 23.1 Å². The molecule has 0 spiro atoms. The Morgan fingerprint density at radius 2 is 2.35 bits per heavy atom. The van der Waals surface area contributed by atoms with Crippen LogP contribution in [0.2, 0.25) is 0 Å². The molecule has 0 radical (unpaired) electrons. The summed E-state index contributed by atoms with van der Waals surface area (Å²) >= 11 is 0. The van der Waals surface area contributed by atoms with E-state index in [-0.39, 0.29) is 24.5 Å². The predicted molar refractivity (Wildman–Crippen MR) is 54.6 cm³/mol. The van der Waals surface area contributed by atoms with Gasteiger partial charge in [0.2, 0.25) is 0 Å². The van der Waals surface area contributed by atoms with Gasteiger partial charge >= 0.3 is 0 Å². The van der Waals surface area contributed by atoms with Gasteiger partial charge in [-0.3, -0.25) is 4.79 Å². The first-order chi connectivity index (χ1) is 8.04. The molecule has 1 aromatic rings. The number of aromatic nitrogens is 3. The van der Waals surface area contributed by atoms with Crippen LogP contribution in [0.5, 0.6) is 0 Å². The van der Waals surface area contributed by atoms with Crippen molar-refractivity contribution < 1.29 is 19.7 Å². The molecule has 9 heteroatoms. The second kappa shape index (κ2) is 4.28. The highest BCUT2D eigenvalue weighted by atomic mass is 16.5. The van der Waals surface area contributed by atoms with Crippen LogP contribution in [0.3, 0.4) is 0 Å². The number of rotatable bonds is 3. The SMILES string of the molecule is NC(=O)c1nnn(C2OC(CO)CC2O)c1N. The number of aliphatic hydroxyl groups excluding tert-OH is 2. The Bertz CT molecular complexity index is 434. The minimum absolute atomic E-state index is 0.0693. The summed E-state index contributed by atoms with van der Waals surface area (Å²) in [6, 6.07) is 0. The lowest BCUT2D eigenvalue weighted by Gasteiger charge is -2.15. The summed E-state index contributed by atoms with van der Waals surface area (Å²) in [5.41, 5.74) is 10.5. The quantitative estimate of drug-likeness (QED) is 0.462. The Morgan fingerprint density at radius 3 is 2.82 bits per heavy atom. The molecule has 17 heavy (non-hydrogen) atoms. The number of carbonyl (C=O) groups excluding carboxylic acids is 1. The topological polar surface area (TPSA) is 150 Å². The molecule has 0 aliphatic carbocycles. The number of hydrogen-bond donors (Lipinski definition) is 4. The number of amides is 1. The number of nitrogens with zero attached hydrogens (tertiary/aromatic N) is 3. The van der Waals surface area contributed by atoms with E-state index in [4.69, 9.17) is 21.3 Å². The molecule has 1 saturated heterocycles. The smallest absolute Gasteiger partial charge is 0.273 e. The summed E-state index contributed by atoms with van der Waals surface area (Å²) in [7, 11) is 0. The number of anilines is 1. The minimum Gasteiger partial charge on any atom is -0.394 e. The van der Waals surface area contributed by atoms with Gasteiger partial charge in [0, 0.05) is 6.42 Å². The Labute approximate surface area is 96.0 Å². The van der Waals surface area contributed by atoms with Gasteiger partial charge in [-0.05, 0) is 0 Å². The van der Waals surface area contributed by atoms with E-state index in [9.17, 15) is 9.90 Å². The summed E-state index contributed by atoms with van der Waals surface area (Å²) in [6.45, 7) is -0.217. The van der Waals surface area contributed by atoms with Crippen molar-refractivity contribution >= 4 is 11.7 Å². The lowest BCUT2D eigenvalue weighted by atomic mass is 10.2. The van der Waals surface area contributed by atoms with Crippen molar-refractivity contribution in [2.75, 3.05) is 12.3 Å². The molecule has 1 fully saturated rings. The van der Waals surface area contributed by atoms with Crippen molar-refractivity contribution in [3.8, 4) is 0 Å². The maximum Gasteiger partial charge on any atom is 0.273 e. The van der Waals surface area contributed by atoms with Gasteiger partial charge in [0.15, 0.2) is 17.7 Å². The lowest BCUT2D eigenvalue weighted by Crippen LogP contribution is -2.23. The summed E-state index contributed by atoms with van der Waals surface area (Å²) < 4.78 is 6.39. The van der Waals surface area contributed by atoms with Gasteiger partial charge in [-0.1, -0.05) is 5.21 Å². The van der Waals surface area contributed by atoms with Crippen molar-refractivity contribution in [3.05, 3.63) is 5.69 Å². The molecule has 1 aromatic heterocycles. The second-order valence-electron chi connectivity index (χ2n) is 3.77. The van der Waals surface area contributed by atoms with E-state index in [2.05, 4.69) is 10.3 Å². The van der Waals surface area contributed by atoms with Gasteiger partial charge in [-0.25, -0.2) is 0 Å². The molecular formula is C8H13N5O4. The largest absolute Gasteiger partial charge is 0.394 e. The third-order valence-electron chi connectivity index (χ3n) is 2.57. The number of carbonyl (C=O) groups is 1. The standard InChI is InChI=1S/C8H13N5O4/c9-6-5(7(10)16)11-12-13(6)8-4(15)1-3(2-14)17-8/h3-4,8,14-15H,1-2,9H2,(H2,10,16). The summed E-state index contributed by atoms with van der Waals surface area (Å²) in [6.07, 6.45) is -1.98. The lowest BCUT2D eigenvalue weighted by molar-refractivity contribution is -0.0565. The zero-order chi connectivity index (χ0) is 12.6. The number of nitrogen functional groups attached to an aromatic ring is 1. The van der Waals surface area contributed by atoms with Crippen LogP contribution in [0.25, 0.3) is 0 Å².